The fourth-order valence-corrected chi connectivity index (χ4v) is 3.49. The molecule has 2 N–H and O–H groups in total. The number of nitrogens with zero attached hydrogens (tertiary/aromatic N) is 1. The predicted octanol–water partition coefficient (Wildman–Crippen LogP) is 4.44. The summed E-state index contributed by atoms with van der Waals surface area (Å²) in [5, 5.41) is 14.2. The van der Waals surface area contributed by atoms with Crippen molar-refractivity contribution in [1.82, 2.24) is 5.43 Å². The molecule has 0 bridgehead atoms. The van der Waals surface area contributed by atoms with Gasteiger partial charge in [0.25, 0.3) is 5.91 Å². The van der Waals surface area contributed by atoms with Gasteiger partial charge in [0.05, 0.1) is 26.1 Å². The molecule has 0 saturated carbocycles. The number of aromatic hydroxyl groups is 1. The van der Waals surface area contributed by atoms with Gasteiger partial charge in [0.15, 0.2) is 0 Å². The predicted molar refractivity (Wildman–Crippen MR) is 106 cm³/mol. The van der Waals surface area contributed by atoms with Crippen molar-refractivity contribution in [3.8, 4) is 5.75 Å². The van der Waals surface area contributed by atoms with E-state index in [2.05, 4.69) is 42.4 Å². The highest BCUT2D eigenvalue weighted by Crippen LogP contribution is 2.33. The molecule has 0 atom stereocenters. The Balaban J connectivity index is 1.83. The van der Waals surface area contributed by atoms with Gasteiger partial charge in [0.1, 0.15) is 17.6 Å². The van der Waals surface area contributed by atoms with Crippen molar-refractivity contribution in [2.24, 2.45) is 5.10 Å². The number of phenolic OH excluding ortho intramolecular Hbond substituents is 1. The Hall–Kier alpha value is -2.16. The Kier molecular flexibility index (Phi) is 5.45. The van der Waals surface area contributed by atoms with Crippen molar-refractivity contribution in [2.75, 3.05) is 0 Å². The highest BCUT2D eigenvalue weighted by molar-refractivity contribution is 9.11. The van der Waals surface area contributed by atoms with E-state index in [1.54, 1.807) is 12.1 Å². The zero-order valence-corrected chi connectivity index (χ0v) is 16.7. The van der Waals surface area contributed by atoms with Crippen molar-refractivity contribution in [2.45, 2.75) is 0 Å². The normalized spacial score (nSPS) is 11.2. The lowest BCUT2D eigenvalue weighted by Crippen LogP contribution is -2.18. The van der Waals surface area contributed by atoms with Gasteiger partial charge in [0, 0.05) is 10.6 Å². The molecule has 0 aliphatic rings. The van der Waals surface area contributed by atoms with E-state index in [0.29, 0.717) is 24.9 Å². The summed E-state index contributed by atoms with van der Waals surface area (Å²) in [6.45, 7) is 0. The molecule has 3 rings (SSSR count). The van der Waals surface area contributed by atoms with Crippen LogP contribution < -0.4 is 10.9 Å². The van der Waals surface area contributed by atoms with Gasteiger partial charge < -0.3 is 9.52 Å². The molecule has 0 spiro atoms. The molecule has 9 heteroatoms. The second-order valence-corrected chi connectivity index (χ2v) is 7.29. The smallest absolute Gasteiger partial charge is 0.271 e. The van der Waals surface area contributed by atoms with Crippen molar-refractivity contribution in [1.29, 1.82) is 0 Å². The Morgan fingerprint density at radius 3 is 2.62 bits per heavy atom. The van der Waals surface area contributed by atoms with Gasteiger partial charge in [-0.1, -0.05) is 11.6 Å². The maximum Gasteiger partial charge on any atom is 0.271 e. The molecule has 2 aromatic carbocycles. The van der Waals surface area contributed by atoms with E-state index >= 15 is 0 Å². The van der Waals surface area contributed by atoms with Crippen LogP contribution in [0.1, 0.15) is 15.9 Å². The summed E-state index contributed by atoms with van der Waals surface area (Å²) in [5.74, 6) is -0.534. The number of carbonyl (C=O) groups is 1. The van der Waals surface area contributed by atoms with E-state index in [1.165, 1.54) is 30.7 Å². The number of amides is 1. The first kappa shape index (κ1) is 18.6. The van der Waals surface area contributed by atoms with Gasteiger partial charge in [-0.05, 0) is 62.2 Å². The molecule has 132 valence electrons. The van der Waals surface area contributed by atoms with Crippen LogP contribution in [0.15, 0.2) is 59.9 Å². The minimum atomic E-state index is -0.518. The number of benzene rings is 2. The van der Waals surface area contributed by atoms with Gasteiger partial charge in [-0.2, -0.15) is 5.10 Å². The fraction of sp³-hybridized carbons (Fsp3) is 0. The average molecular weight is 501 g/mol. The number of fused-ring (bicyclic) bond motifs is 1. The number of hydrogen-bond donors (Lipinski definition) is 2. The van der Waals surface area contributed by atoms with Crippen molar-refractivity contribution < 1.29 is 14.3 Å². The van der Waals surface area contributed by atoms with Crippen LogP contribution in [-0.2, 0) is 0 Å². The van der Waals surface area contributed by atoms with E-state index in [0.717, 1.165) is 0 Å². The van der Waals surface area contributed by atoms with Crippen LogP contribution in [0.2, 0.25) is 5.02 Å². The first-order chi connectivity index (χ1) is 12.4. The third-order valence-corrected chi connectivity index (χ3v) is 4.85. The largest absolute Gasteiger partial charge is 0.506 e. The molecule has 0 radical (unpaired) electrons. The van der Waals surface area contributed by atoms with E-state index in [-0.39, 0.29) is 22.3 Å². The molecule has 0 aliphatic heterocycles. The van der Waals surface area contributed by atoms with Gasteiger partial charge in [-0.25, -0.2) is 5.43 Å². The molecular formula is C17H9Br2ClN2O4. The molecule has 1 amide bonds. The third-order valence-electron chi connectivity index (χ3n) is 3.41. The van der Waals surface area contributed by atoms with Crippen LogP contribution in [0, 0.1) is 0 Å². The lowest BCUT2D eigenvalue weighted by atomic mass is 10.2. The Bertz CT molecular complexity index is 1090. The minimum absolute atomic E-state index is 0.0162. The zero-order valence-electron chi connectivity index (χ0n) is 12.8. The van der Waals surface area contributed by atoms with Crippen LogP contribution in [0.25, 0.3) is 11.0 Å². The number of halogens is 3. The van der Waals surface area contributed by atoms with Crippen LogP contribution in [0.4, 0.5) is 0 Å². The van der Waals surface area contributed by atoms with E-state index in [1.807, 2.05) is 0 Å². The topological polar surface area (TPSA) is 91.9 Å². The second kappa shape index (κ2) is 7.61. The lowest BCUT2D eigenvalue weighted by molar-refractivity contribution is 0.0955. The summed E-state index contributed by atoms with van der Waals surface area (Å²) in [6.07, 6.45) is 2.44. The molecular weight excluding hydrogens is 491 g/mol. The second-order valence-electron chi connectivity index (χ2n) is 5.15. The van der Waals surface area contributed by atoms with Gasteiger partial charge in [-0.15, -0.1) is 0 Å². The molecule has 26 heavy (non-hydrogen) atoms. The monoisotopic (exact) mass is 498 g/mol. The molecule has 0 unspecified atom stereocenters. The first-order valence-electron chi connectivity index (χ1n) is 7.09. The van der Waals surface area contributed by atoms with Crippen LogP contribution >= 0.6 is 43.5 Å². The highest BCUT2D eigenvalue weighted by atomic mass is 79.9. The Morgan fingerprint density at radius 2 is 1.92 bits per heavy atom. The summed E-state index contributed by atoms with van der Waals surface area (Å²) in [4.78, 5) is 24.5. The first-order valence-corrected chi connectivity index (χ1v) is 9.05. The number of hydrazone groups is 1. The summed E-state index contributed by atoms with van der Waals surface area (Å²) in [6, 6.07) is 7.61. The minimum Gasteiger partial charge on any atom is -0.506 e. The molecule has 0 saturated heterocycles. The molecule has 0 aliphatic carbocycles. The maximum absolute atomic E-state index is 12.4. The SMILES string of the molecule is O=C(N/N=C\c1coc2ccc(Cl)cc2c1=O)c1cc(Br)c(O)c(Br)c1. The number of carbonyl (C=O) groups excluding carboxylic acids is 1. The van der Waals surface area contributed by atoms with Gasteiger partial charge >= 0.3 is 0 Å². The summed E-state index contributed by atoms with van der Waals surface area (Å²) < 4.78 is 6.07. The molecule has 0 fully saturated rings. The molecule has 1 aromatic heterocycles. The molecule has 6 nitrogen and oxygen atoms in total. The molecule has 1 heterocycles. The van der Waals surface area contributed by atoms with E-state index in [9.17, 15) is 14.7 Å². The van der Waals surface area contributed by atoms with Gasteiger partial charge in [0.2, 0.25) is 5.43 Å². The fourth-order valence-electron chi connectivity index (χ4n) is 2.13. The standard InChI is InChI=1S/C17H9Br2ClN2O4/c18-12-3-8(4-13(19)16(12)24)17(25)22-21-6-9-7-26-14-2-1-10(20)5-11(14)15(9)23/h1-7,24H,(H,22,25)/b21-6-. The quantitative estimate of drug-likeness (QED) is 0.411. The highest BCUT2D eigenvalue weighted by Gasteiger charge is 2.11. The van der Waals surface area contributed by atoms with Gasteiger partial charge in [-0.3, -0.25) is 9.59 Å². The van der Waals surface area contributed by atoms with Crippen LogP contribution in [0.3, 0.4) is 0 Å². The summed E-state index contributed by atoms with van der Waals surface area (Å²) in [5.41, 5.74) is 2.81. The van der Waals surface area contributed by atoms with Crippen LogP contribution in [0.5, 0.6) is 5.75 Å². The number of phenols is 1. The van der Waals surface area contributed by atoms with Crippen LogP contribution in [-0.4, -0.2) is 17.2 Å². The van der Waals surface area contributed by atoms with Crippen molar-refractivity contribution in [3.63, 3.8) is 0 Å². The average Bonchev–Trinajstić information content (AvgIpc) is 2.61. The van der Waals surface area contributed by atoms with E-state index < -0.39 is 5.91 Å². The zero-order chi connectivity index (χ0) is 18.8. The lowest BCUT2D eigenvalue weighted by Gasteiger charge is -2.04. The number of hydrogen-bond acceptors (Lipinski definition) is 5. The Morgan fingerprint density at radius 1 is 1.23 bits per heavy atom. The summed E-state index contributed by atoms with van der Waals surface area (Å²) >= 11 is 12.2. The van der Waals surface area contributed by atoms with Crippen molar-refractivity contribution in [3.05, 3.63) is 71.9 Å². The molecule has 3 aromatic rings. The number of nitrogens with one attached hydrogen (secondary N) is 1. The maximum atomic E-state index is 12.4. The third kappa shape index (κ3) is 3.82. The Labute approximate surface area is 168 Å². The van der Waals surface area contributed by atoms with Crippen molar-refractivity contribution >= 4 is 66.6 Å². The summed E-state index contributed by atoms with van der Waals surface area (Å²) in [7, 11) is 0. The van der Waals surface area contributed by atoms with E-state index in [4.69, 9.17) is 16.0 Å². The number of rotatable bonds is 3.